The van der Waals surface area contributed by atoms with Crippen LogP contribution in [0.25, 0.3) is 0 Å². The van der Waals surface area contributed by atoms with E-state index in [1.54, 1.807) is 6.33 Å². The van der Waals surface area contributed by atoms with Crippen LogP contribution in [-0.4, -0.2) is 20.4 Å². The number of benzene rings is 1. The van der Waals surface area contributed by atoms with Gasteiger partial charge in [0.1, 0.15) is 12.2 Å². The molecule has 0 aliphatic rings. The Kier molecular flexibility index (Phi) is 5.45. The molecule has 0 saturated heterocycles. The Labute approximate surface area is 120 Å². The van der Waals surface area contributed by atoms with Crippen molar-refractivity contribution in [2.75, 3.05) is 0 Å². The maximum Gasteiger partial charge on any atom is 0.150 e. The van der Waals surface area contributed by atoms with E-state index in [0.29, 0.717) is 11.2 Å². The van der Waals surface area contributed by atoms with Crippen molar-refractivity contribution in [2.45, 2.75) is 43.8 Å². The number of aromatic nitrogens is 3. The van der Waals surface area contributed by atoms with E-state index in [2.05, 4.69) is 52.4 Å². The molecule has 102 valence electrons. The molecule has 2 atom stereocenters. The number of hydrogen-bond donors (Lipinski definition) is 2. The normalized spacial score (nSPS) is 14.2. The van der Waals surface area contributed by atoms with E-state index in [-0.39, 0.29) is 0 Å². The standard InChI is InChI=1S/C15H21N3S/c1-2-6-13(12-7-4-3-5-8-12)14(19)9-10-15-16-11-17-18-15/h3-5,7-8,11,13-14,19H,2,6,9-10H2,1H3,(H,16,17,18). The third-order valence-electron chi connectivity index (χ3n) is 3.42. The minimum atomic E-state index is 0.348. The summed E-state index contributed by atoms with van der Waals surface area (Å²) < 4.78 is 0. The summed E-state index contributed by atoms with van der Waals surface area (Å²) in [5.74, 6) is 1.39. The average Bonchev–Trinajstić information content (AvgIpc) is 2.96. The first-order valence-corrected chi connectivity index (χ1v) is 7.40. The van der Waals surface area contributed by atoms with Crippen LogP contribution in [0.1, 0.15) is 43.5 Å². The molecule has 0 aliphatic heterocycles. The van der Waals surface area contributed by atoms with Gasteiger partial charge in [-0.25, -0.2) is 4.98 Å². The fourth-order valence-electron chi connectivity index (χ4n) is 2.43. The molecule has 1 aromatic heterocycles. The van der Waals surface area contributed by atoms with Gasteiger partial charge in [-0.1, -0.05) is 43.7 Å². The number of aromatic amines is 1. The van der Waals surface area contributed by atoms with Crippen molar-refractivity contribution in [2.24, 2.45) is 0 Å². The van der Waals surface area contributed by atoms with Gasteiger partial charge >= 0.3 is 0 Å². The molecule has 1 N–H and O–H groups in total. The van der Waals surface area contributed by atoms with Gasteiger partial charge in [0.15, 0.2) is 0 Å². The van der Waals surface area contributed by atoms with Crippen LogP contribution in [-0.2, 0) is 6.42 Å². The lowest BCUT2D eigenvalue weighted by Crippen LogP contribution is -2.14. The lowest BCUT2D eigenvalue weighted by atomic mass is 9.89. The molecule has 0 spiro atoms. The van der Waals surface area contributed by atoms with Crippen LogP contribution in [0.4, 0.5) is 0 Å². The zero-order chi connectivity index (χ0) is 13.5. The molecule has 0 aliphatic carbocycles. The van der Waals surface area contributed by atoms with Gasteiger partial charge in [0.05, 0.1) is 0 Å². The van der Waals surface area contributed by atoms with Gasteiger partial charge in [0.25, 0.3) is 0 Å². The van der Waals surface area contributed by atoms with E-state index in [1.165, 1.54) is 18.4 Å². The molecule has 1 aromatic carbocycles. The Morgan fingerprint density at radius 2 is 2.00 bits per heavy atom. The van der Waals surface area contributed by atoms with Gasteiger partial charge in [0.2, 0.25) is 0 Å². The van der Waals surface area contributed by atoms with Crippen LogP contribution < -0.4 is 0 Å². The molecule has 3 nitrogen and oxygen atoms in total. The molecule has 4 heteroatoms. The highest BCUT2D eigenvalue weighted by atomic mass is 32.1. The van der Waals surface area contributed by atoms with E-state index in [4.69, 9.17) is 12.6 Å². The number of nitrogens with one attached hydrogen (secondary N) is 1. The van der Waals surface area contributed by atoms with E-state index in [1.807, 2.05) is 0 Å². The molecule has 0 amide bonds. The van der Waals surface area contributed by atoms with E-state index in [9.17, 15) is 0 Å². The van der Waals surface area contributed by atoms with Gasteiger partial charge in [-0.3, -0.25) is 5.10 Å². The Morgan fingerprint density at radius 1 is 1.21 bits per heavy atom. The van der Waals surface area contributed by atoms with Gasteiger partial charge in [-0.15, -0.1) is 0 Å². The minimum absolute atomic E-state index is 0.348. The Morgan fingerprint density at radius 3 is 2.63 bits per heavy atom. The predicted octanol–water partition coefficient (Wildman–Crippen LogP) is 3.62. The number of thiol groups is 1. The van der Waals surface area contributed by atoms with Crippen LogP contribution in [0.3, 0.4) is 0 Å². The maximum absolute atomic E-state index is 4.82. The first kappa shape index (κ1) is 14.1. The Bertz CT molecular complexity index is 456. The van der Waals surface area contributed by atoms with E-state index in [0.717, 1.165) is 18.7 Å². The van der Waals surface area contributed by atoms with Crippen LogP contribution in [0, 0.1) is 0 Å². The summed E-state index contributed by atoms with van der Waals surface area (Å²) in [5.41, 5.74) is 1.39. The number of H-pyrrole nitrogens is 1. The highest BCUT2D eigenvalue weighted by Crippen LogP contribution is 2.30. The molecule has 2 aromatic rings. The monoisotopic (exact) mass is 275 g/mol. The highest BCUT2D eigenvalue weighted by Gasteiger charge is 2.19. The fraction of sp³-hybridized carbons (Fsp3) is 0.467. The summed E-state index contributed by atoms with van der Waals surface area (Å²) in [5, 5.41) is 7.20. The molecule has 19 heavy (non-hydrogen) atoms. The van der Waals surface area contributed by atoms with Crippen molar-refractivity contribution in [1.29, 1.82) is 0 Å². The van der Waals surface area contributed by atoms with Crippen molar-refractivity contribution in [3.63, 3.8) is 0 Å². The second-order valence-electron chi connectivity index (χ2n) is 4.83. The first-order valence-electron chi connectivity index (χ1n) is 6.89. The van der Waals surface area contributed by atoms with Crippen molar-refractivity contribution >= 4 is 12.6 Å². The van der Waals surface area contributed by atoms with Crippen molar-refractivity contribution in [3.05, 3.63) is 48.0 Å². The molecule has 2 rings (SSSR count). The summed E-state index contributed by atoms with van der Waals surface area (Å²) in [6.45, 7) is 2.23. The number of nitrogens with zero attached hydrogens (tertiary/aromatic N) is 2. The third-order valence-corrected chi connectivity index (χ3v) is 4.04. The smallest absolute Gasteiger partial charge is 0.150 e. The highest BCUT2D eigenvalue weighted by molar-refractivity contribution is 7.81. The quantitative estimate of drug-likeness (QED) is 0.758. The third kappa shape index (κ3) is 4.10. The zero-order valence-corrected chi connectivity index (χ0v) is 12.2. The van der Waals surface area contributed by atoms with Gasteiger partial charge in [0, 0.05) is 11.7 Å². The maximum atomic E-state index is 4.82. The molecular weight excluding hydrogens is 254 g/mol. The van der Waals surface area contributed by atoms with Crippen LogP contribution in [0.5, 0.6) is 0 Å². The molecule has 0 saturated carbocycles. The molecule has 1 heterocycles. The van der Waals surface area contributed by atoms with E-state index < -0.39 is 0 Å². The Balaban J connectivity index is 1.98. The Hall–Kier alpha value is -1.29. The summed E-state index contributed by atoms with van der Waals surface area (Å²) >= 11 is 4.82. The summed E-state index contributed by atoms with van der Waals surface area (Å²) in [7, 11) is 0. The topological polar surface area (TPSA) is 41.6 Å². The largest absolute Gasteiger partial charge is 0.266 e. The first-order chi connectivity index (χ1) is 9.31. The number of aryl methyl sites for hydroxylation is 1. The van der Waals surface area contributed by atoms with Crippen molar-refractivity contribution in [3.8, 4) is 0 Å². The second kappa shape index (κ2) is 7.34. The zero-order valence-electron chi connectivity index (χ0n) is 11.3. The summed E-state index contributed by atoms with van der Waals surface area (Å²) in [6.07, 6.45) is 5.86. The number of rotatable bonds is 7. The molecule has 0 radical (unpaired) electrons. The summed E-state index contributed by atoms with van der Waals surface area (Å²) in [6, 6.07) is 10.7. The summed E-state index contributed by atoms with van der Waals surface area (Å²) in [4.78, 5) is 4.17. The van der Waals surface area contributed by atoms with Crippen LogP contribution >= 0.6 is 12.6 Å². The minimum Gasteiger partial charge on any atom is -0.266 e. The lowest BCUT2D eigenvalue weighted by Gasteiger charge is -2.23. The molecule has 2 unspecified atom stereocenters. The molecular formula is C15H21N3S. The SMILES string of the molecule is CCCC(c1ccccc1)C(S)CCc1nc[nH]n1. The average molecular weight is 275 g/mol. The van der Waals surface area contributed by atoms with Gasteiger partial charge in [-0.05, 0) is 24.3 Å². The van der Waals surface area contributed by atoms with Crippen molar-refractivity contribution < 1.29 is 0 Å². The van der Waals surface area contributed by atoms with Crippen molar-refractivity contribution in [1.82, 2.24) is 15.2 Å². The van der Waals surface area contributed by atoms with E-state index >= 15 is 0 Å². The van der Waals surface area contributed by atoms with Crippen LogP contribution in [0.15, 0.2) is 36.7 Å². The lowest BCUT2D eigenvalue weighted by molar-refractivity contribution is 0.557. The van der Waals surface area contributed by atoms with Crippen LogP contribution in [0.2, 0.25) is 0 Å². The van der Waals surface area contributed by atoms with Gasteiger partial charge in [-0.2, -0.15) is 17.7 Å². The fourth-order valence-corrected chi connectivity index (χ4v) is 2.88. The second-order valence-corrected chi connectivity index (χ2v) is 5.49. The molecule has 0 fully saturated rings. The number of hydrogen-bond acceptors (Lipinski definition) is 3. The van der Waals surface area contributed by atoms with Gasteiger partial charge < -0.3 is 0 Å². The predicted molar refractivity (Wildman–Crippen MR) is 81.6 cm³/mol. The molecule has 0 bridgehead atoms.